The fourth-order valence-corrected chi connectivity index (χ4v) is 9.80. The molecule has 0 unspecified atom stereocenters. The Bertz CT molecular complexity index is 3420. The number of fused-ring (bicyclic) bond motifs is 6. The molecule has 9 aromatic carbocycles. The van der Waals surface area contributed by atoms with E-state index in [0.29, 0.717) is 5.82 Å². The van der Waals surface area contributed by atoms with Crippen LogP contribution in [0.15, 0.2) is 235 Å². The number of para-hydroxylation sites is 1. The maximum Gasteiger partial charge on any atom is 0.160 e. The van der Waals surface area contributed by atoms with Crippen LogP contribution in [-0.4, -0.2) is 9.97 Å². The van der Waals surface area contributed by atoms with E-state index in [1.54, 1.807) is 0 Å². The van der Waals surface area contributed by atoms with Crippen molar-refractivity contribution in [3.8, 4) is 67.3 Å². The smallest absolute Gasteiger partial charge is 0.160 e. The van der Waals surface area contributed by atoms with E-state index in [-0.39, 0.29) is 0 Å². The molecule has 0 amide bonds. The van der Waals surface area contributed by atoms with Crippen molar-refractivity contribution in [1.29, 1.82) is 0 Å². The van der Waals surface area contributed by atoms with Crippen LogP contribution in [0.3, 0.4) is 0 Å². The Labute approximate surface area is 360 Å². The minimum atomic E-state index is -0.510. The van der Waals surface area contributed by atoms with E-state index in [4.69, 9.17) is 14.4 Å². The van der Waals surface area contributed by atoms with Crippen molar-refractivity contribution in [2.24, 2.45) is 0 Å². The molecule has 0 spiro atoms. The molecule has 1 aliphatic carbocycles. The van der Waals surface area contributed by atoms with Gasteiger partial charge in [0.25, 0.3) is 0 Å². The number of hydrogen-bond acceptors (Lipinski definition) is 3. The van der Waals surface area contributed by atoms with Gasteiger partial charge in [-0.05, 0) is 92.0 Å². The highest BCUT2D eigenvalue weighted by Crippen LogP contribution is 2.58. The van der Waals surface area contributed by atoms with Crippen molar-refractivity contribution in [1.82, 2.24) is 9.97 Å². The molecule has 0 saturated heterocycles. The van der Waals surface area contributed by atoms with Gasteiger partial charge >= 0.3 is 0 Å². The first-order valence-corrected chi connectivity index (χ1v) is 21.1. The zero-order valence-electron chi connectivity index (χ0n) is 33.7. The van der Waals surface area contributed by atoms with Crippen LogP contribution >= 0.6 is 0 Å². The second-order valence-electron chi connectivity index (χ2n) is 16.1. The number of hydrogen-bond donors (Lipinski definition) is 0. The zero-order chi connectivity index (χ0) is 41.0. The predicted octanol–water partition coefficient (Wildman–Crippen LogP) is 15.1. The first kappa shape index (κ1) is 35.8. The molecule has 0 radical (unpaired) electrons. The number of nitrogens with zero attached hydrogens (tertiary/aromatic N) is 2. The van der Waals surface area contributed by atoms with Crippen molar-refractivity contribution < 1.29 is 4.42 Å². The van der Waals surface area contributed by atoms with Gasteiger partial charge in [0.05, 0.1) is 16.8 Å². The minimum absolute atomic E-state index is 0.510. The number of rotatable bonds is 7. The molecular weight excluding hydrogens is 753 g/mol. The van der Waals surface area contributed by atoms with Gasteiger partial charge in [-0.1, -0.05) is 194 Å². The van der Waals surface area contributed by atoms with Crippen LogP contribution in [0.1, 0.15) is 22.3 Å². The van der Waals surface area contributed by atoms with E-state index in [1.807, 2.05) is 18.2 Å². The monoisotopic (exact) mass is 790 g/mol. The summed E-state index contributed by atoms with van der Waals surface area (Å²) < 4.78 is 6.14. The summed E-state index contributed by atoms with van der Waals surface area (Å²) in [6.07, 6.45) is 0. The maximum atomic E-state index is 6.14. The van der Waals surface area contributed by atoms with Gasteiger partial charge < -0.3 is 4.42 Å². The first-order chi connectivity index (χ1) is 30.7. The summed E-state index contributed by atoms with van der Waals surface area (Å²) in [6, 6.07) is 82.3. The number of furan rings is 1. The molecule has 290 valence electrons. The third-order valence-electron chi connectivity index (χ3n) is 12.6. The second kappa shape index (κ2) is 14.5. The van der Waals surface area contributed by atoms with E-state index in [0.717, 1.165) is 72.3 Å². The Hall–Kier alpha value is -8.14. The highest BCUT2D eigenvalue weighted by atomic mass is 16.3. The van der Waals surface area contributed by atoms with E-state index in [2.05, 4.69) is 212 Å². The Balaban J connectivity index is 1.01. The van der Waals surface area contributed by atoms with Crippen LogP contribution in [0.25, 0.3) is 89.2 Å². The van der Waals surface area contributed by atoms with Gasteiger partial charge in [0.15, 0.2) is 5.82 Å². The normalized spacial score (nSPS) is 12.6. The maximum absolute atomic E-state index is 6.14. The average molecular weight is 791 g/mol. The Morgan fingerprint density at radius 2 is 0.839 bits per heavy atom. The predicted molar refractivity (Wildman–Crippen MR) is 254 cm³/mol. The third kappa shape index (κ3) is 5.74. The lowest BCUT2D eigenvalue weighted by Crippen LogP contribution is -2.28. The Morgan fingerprint density at radius 1 is 0.323 bits per heavy atom. The van der Waals surface area contributed by atoms with Crippen LogP contribution < -0.4 is 0 Å². The lowest BCUT2D eigenvalue weighted by Gasteiger charge is -2.33. The summed E-state index contributed by atoms with van der Waals surface area (Å²) in [6.45, 7) is 0. The van der Waals surface area contributed by atoms with E-state index < -0.39 is 5.41 Å². The molecule has 1 aliphatic rings. The number of benzene rings is 9. The lowest BCUT2D eigenvalue weighted by atomic mass is 9.67. The largest absolute Gasteiger partial charge is 0.456 e. The standard InChI is InChI=1S/C59H38N2O/c1-4-17-39(18-5-1)58-60-53(44-22-15-21-42(36-44)40-19-14-20-41(35-40)43-33-34-56-50(37-43)47-27-11-13-32-55(47)62-56)38-54(61-58)49-29-16-31-52-57(49)48-28-10-12-30-51(48)59(52,45-23-6-2-7-24-45)46-25-8-3-9-26-46/h1-38H. The fourth-order valence-electron chi connectivity index (χ4n) is 9.80. The molecule has 62 heavy (non-hydrogen) atoms. The van der Waals surface area contributed by atoms with Crippen LogP contribution in [0, 0.1) is 0 Å². The quantitative estimate of drug-likeness (QED) is 0.161. The van der Waals surface area contributed by atoms with Crippen LogP contribution in [0.5, 0.6) is 0 Å². The lowest BCUT2D eigenvalue weighted by molar-refractivity contribution is 0.669. The molecular formula is C59H38N2O. The van der Waals surface area contributed by atoms with E-state index >= 15 is 0 Å². The summed E-state index contributed by atoms with van der Waals surface area (Å²) in [5.41, 5.74) is 18.1. The van der Waals surface area contributed by atoms with Crippen molar-refractivity contribution in [3.05, 3.63) is 253 Å². The summed E-state index contributed by atoms with van der Waals surface area (Å²) in [4.78, 5) is 10.7. The Morgan fingerprint density at radius 3 is 1.58 bits per heavy atom. The SMILES string of the molecule is c1ccc(-c2nc(-c3cccc(-c4cccc(-c5ccc6oc7ccccc7c6c5)c4)c3)cc(-c3cccc4c3-c3ccccc3C4(c3ccccc3)c3ccccc3)n2)cc1. The molecule has 0 atom stereocenters. The van der Waals surface area contributed by atoms with Crippen molar-refractivity contribution in [3.63, 3.8) is 0 Å². The molecule has 2 aromatic heterocycles. The highest BCUT2D eigenvalue weighted by Gasteiger charge is 2.46. The summed E-state index contributed by atoms with van der Waals surface area (Å²) in [7, 11) is 0. The molecule has 0 bridgehead atoms. The topological polar surface area (TPSA) is 38.9 Å². The average Bonchev–Trinajstić information content (AvgIpc) is 3.88. The zero-order valence-corrected chi connectivity index (χ0v) is 33.7. The second-order valence-corrected chi connectivity index (χ2v) is 16.1. The minimum Gasteiger partial charge on any atom is -0.456 e. The van der Waals surface area contributed by atoms with Crippen LogP contribution in [0.4, 0.5) is 0 Å². The van der Waals surface area contributed by atoms with Crippen molar-refractivity contribution in [2.45, 2.75) is 5.41 Å². The summed E-state index contributed by atoms with van der Waals surface area (Å²) in [5, 5.41) is 2.25. The Kier molecular flexibility index (Phi) is 8.39. The van der Waals surface area contributed by atoms with Crippen molar-refractivity contribution >= 4 is 21.9 Å². The fraction of sp³-hybridized carbons (Fsp3) is 0.0169. The van der Waals surface area contributed by atoms with Gasteiger partial charge in [0.2, 0.25) is 0 Å². The van der Waals surface area contributed by atoms with Gasteiger partial charge in [0.1, 0.15) is 11.2 Å². The molecule has 0 saturated carbocycles. The highest BCUT2D eigenvalue weighted by molar-refractivity contribution is 6.06. The third-order valence-corrected chi connectivity index (χ3v) is 12.6. The van der Waals surface area contributed by atoms with Crippen LogP contribution in [0.2, 0.25) is 0 Å². The van der Waals surface area contributed by atoms with E-state index in [1.165, 1.54) is 33.4 Å². The molecule has 0 aliphatic heterocycles. The number of aromatic nitrogens is 2. The molecule has 12 rings (SSSR count). The van der Waals surface area contributed by atoms with Gasteiger partial charge in [0, 0.05) is 27.5 Å². The van der Waals surface area contributed by atoms with E-state index in [9.17, 15) is 0 Å². The van der Waals surface area contributed by atoms with Gasteiger partial charge in [-0.3, -0.25) is 0 Å². The first-order valence-electron chi connectivity index (χ1n) is 21.1. The molecule has 11 aromatic rings. The summed E-state index contributed by atoms with van der Waals surface area (Å²) in [5.74, 6) is 0.689. The molecule has 3 nitrogen and oxygen atoms in total. The molecule has 0 N–H and O–H groups in total. The molecule has 0 fully saturated rings. The van der Waals surface area contributed by atoms with Gasteiger partial charge in [-0.2, -0.15) is 0 Å². The molecule has 3 heteroatoms. The van der Waals surface area contributed by atoms with Crippen LogP contribution in [-0.2, 0) is 5.41 Å². The van der Waals surface area contributed by atoms with Gasteiger partial charge in [-0.25, -0.2) is 9.97 Å². The van der Waals surface area contributed by atoms with Crippen molar-refractivity contribution in [2.75, 3.05) is 0 Å². The summed E-state index contributed by atoms with van der Waals surface area (Å²) >= 11 is 0. The van der Waals surface area contributed by atoms with Gasteiger partial charge in [-0.15, -0.1) is 0 Å². The molecule has 2 heterocycles.